The zero-order valence-corrected chi connectivity index (χ0v) is 13.8. The first-order chi connectivity index (χ1) is 11.6. The monoisotopic (exact) mass is 341 g/mol. The van der Waals surface area contributed by atoms with Crippen LogP contribution in [0.3, 0.4) is 0 Å². The molecule has 2 rings (SSSR count). The van der Waals surface area contributed by atoms with E-state index in [1.807, 2.05) is 6.07 Å². The fourth-order valence-corrected chi connectivity index (χ4v) is 2.57. The van der Waals surface area contributed by atoms with Gasteiger partial charge in [0, 0.05) is 11.9 Å². The topological polar surface area (TPSA) is 92.1 Å². The number of pyridine rings is 1. The van der Waals surface area contributed by atoms with Crippen molar-refractivity contribution in [2.75, 3.05) is 17.7 Å². The number of thioether (sulfide) groups is 1. The standard InChI is InChI=1S/C17H15N3O3S/c1-2-23-17(22)12-5-7-14(8-6-12)20-15(21)11-24-16-13(10-18)4-3-9-19-16/h3-9H,2,11H2,1H3,(H,20,21). The first kappa shape index (κ1) is 17.5. The SMILES string of the molecule is CCOC(=O)c1ccc(NC(=O)CSc2ncccc2C#N)cc1. The molecule has 1 aromatic heterocycles. The van der Waals surface area contributed by atoms with Crippen LogP contribution >= 0.6 is 11.8 Å². The number of nitrogens with zero attached hydrogens (tertiary/aromatic N) is 2. The van der Waals surface area contributed by atoms with E-state index < -0.39 is 5.97 Å². The summed E-state index contributed by atoms with van der Waals surface area (Å²) >= 11 is 1.19. The van der Waals surface area contributed by atoms with Crippen molar-refractivity contribution in [2.24, 2.45) is 0 Å². The number of benzene rings is 1. The summed E-state index contributed by atoms with van der Waals surface area (Å²) in [6.07, 6.45) is 1.58. The van der Waals surface area contributed by atoms with Crippen molar-refractivity contribution in [1.29, 1.82) is 5.26 Å². The quantitative estimate of drug-likeness (QED) is 0.641. The summed E-state index contributed by atoms with van der Waals surface area (Å²) < 4.78 is 4.90. The predicted molar refractivity (Wildman–Crippen MR) is 90.7 cm³/mol. The fourth-order valence-electron chi connectivity index (χ4n) is 1.83. The van der Waals surface area contributed by atoms with Gasteiger partial charge in [0.2, 0.25) is 5.91 Å². The summed E-state index contributed by atoms with van der Waals surface area (Å²) in [4.78, 5) is 27.6. The Morgan fingerprint density at radius 3 is 2.71 bits per heavy atom. The number of carbonyl (C=O) groups excluding carboxylic acids is 2. The second-order valence-corrected chi connectivity index (χ2v) is 5.57. The lowest BCUT2D eigenvalue weighted by Crippen LogP contribution is -2.14. The average Bonchev–Trinajstić information content (AvgIpc) is 2.61. The molecule has 2 aromatic rings. The third-order valence-electron chi connectivity index (χ3n) is 2.91. The molecule has 0 saturated carbocycles. The van der Waals surface area contributed by atoms with Crippen molar-refractivity contribution in [1.82, 2.24) is 4.98 Å². The maximum Gasteiger partial charge on any atom is 0.338 e. The van der Waals surface area contributed by atoms with Crippen molar-refractivity contribution in [3.63, 3.8) is 0 Å². The lowest BCUT2D eigenvalue weighted by Gasteiger charge is -2.07. The normalized spacial score (nSPS) is 9.83. The molecule has 0 bridgehead atoms. The highest BCUT2D eigenvalue weighted by molar-refractivity contribution is 8.00. The Kier molecular flexibility index (Phi) is 6.34. The van der Waals surface area contributed by atoms with Crippen LogP contribution in [0.4, 0.5) is 5.69 Å². The molecule has 0 saturated heterocycles. The summed E-state index contributed by atoms with van der Waals surface area (Å²) in [6.45, 7) is 2.05. The second kappa shape index (κ2) is 8.70. The van der Waals surface area contributed by atoms with E-state index in [0.29, 0.717) is 28.4 Å². The molecule has 1 aromatic carbocycles. The zero-order valence-electron chi connectivity index (χ0n) is 13.0. The van der Waals surface area contributed by atoms with Crippen LogP contribution in [-0.2, 0) is 9.53 Å². The number of nitriles is 1. The first-order valence-corrected chi connectivity index (χ1v) is 8.17. The number of esters is 1. The number of nitrogens with one attached hydrogen (secondary N) is 1. The molecule has 24 heavy (non-hydrogen) atoms. The highest BCUT2D eigenvalue weighted by Crippen LogP contribution is 2.19. The van der Waals surface area contributed by atoms with Crippen molar-refractivity contribution in [2.45, 2.75) is 11.9 Å². The predicted octanol–water partition coefficient (Wildman–Crippen LogP) is 2.86. The maximum atomic E-state index is 12.0. The third kappa shape index (κ3) is 4.83. The molecule has 7 heteroatoms. The molecular formula is C17H15N3O3S. The molecule has 0 spiro atoms. The number of aromatic nitrogens is 1. The van der Waals surface area contributed by atoms with E-state index in [-0.39, 0.29) is 11.7 Å². The number of ether oxygens (including phenoxy) is 1. The zero-order chi connectivity index (χ0) is 17.4. The summed E-state index contributed by atoms with van der Waals surface area (Å²) in [5, 5.41) is 12.2. The molecule has 0 aliphatic carbocycles. The van der Waals surface area contributed by atoms with Crippen LogP contribution in [0, 0.1) is 11.3 Å². The van der Waals surface area contributed by atoms with Crippen LogP contribution in [0.1, 0.15) is 22.8 Å². The molecule has 0 atom stereocenters. The molecule has 0 fully saturated rings. The van der Waals surface area contributed by atoms with E-state index in [1.54, 1.807) is 49.5 Å². The van der Waals surface area contributed by atoms with Gasteiger partial charge in [-0.25, -0.2) is 9.78 Å². The Bertz CT molecular complexity index is 769. The van der Waals surface area contributed by atoms with Crippen LogP contribution in [0.15, 0.2) is 47.6 Å². The minimum Gasteiger partial charge on any atom is -0.462 e. The van der Waals surface area contributed by atoms with Crippen LogP contribution in [0.25, 0.3) is 0 Å². The third-order valence-corrected chi connectivity index (χ3v) is 3.92. The number of hydrogen-bond acceptors (Lipinski definition) is 6. The molecule has 122 valence electrons. The van der Waals surface area contributed by atoms with Crippen LogP contribution in [0.2, 0.25) is 0 Å². The van der Waals surface area contributed by atoms with Gasteiger partial charge in [0.05, 0.1) is 23.5 Å². The Morgan fingerprint density at radius 1 is 1.29 bits per heavy atom. The van der Waals surface area contributed by atoms with E-state index >= 15 is 0 Å². The second-order valence-electron chi connectivity index (χ2n) is 4.60. The molecule has 0 radical (unpaired) electrons. The molecular weight excluding hydrogens is 326 g/mol. The van der Waals surface area contributed by atoms with Crippen LogP contribution in [-0.4, -0.2) is 29.2 Å². The lowest BCUT2D eigenvalue weighted by molar-refractivity contribution is -0.113. The van der Waals surface area contributed by atoms with E-state index in [1.165, 1.54) is 11.8 Å². The summed E-state index contributed by atoms with van der Waals surface area (Å²) in [6, 6.07) is 11.8. The van der Waals surface area contributed by atoms with E-state index in [2.05, 4.69) is 10.3 Å². The van der Waals surface area contributed by atoms with Gasteiger partial charge in [0.1, 0.15) is 11.1 Å². The van der Waals surface area contributed by atoms with Gasteiger partial charge in [-0.05, 0) is 43.3 Å². The molecule has 1 amide bonds. The van der Waals surface area contributed by atoms with Crippen molar-refractivity contribution >= 4 is 29.3 Å². The van der Waals surface area contributed by atoms with E-state index in [4.69, 9.17) is 10.00 Å². The Hall–Kier alpha value is -2.85. The minimum atomic E-state index is -0.398. The number of hydrogen-bond donors (Lipinski definition) is 1. The molecule has 0 unspecified atom stereocenters. The summed E-state index contributed by atoms with van der Waals surface area (Å²) in [5.74, 6) is -0.491. The molecule has 0 aliphatic rings. The van der Waals surface area contributed by atoms with E-state index in [9.17, 15) is 9.59 Å². The number of carbonyl (C=O) groups is 2. The number of anilines is 1. The van der Waals surface area contributed by atoms with Gasteiger partial charge < -0.3 is 10.1 Å². The van der Waals surface area contributed by atoms with Crippen molar-refractivity contribution < 1.29 is 14.3 Å². The van der Waals surface area contributed by atoms with Crippen LogP contribution in [0.5, 0.6) is 0 Å². The Labute approximate surface area is 143 Å². The number of rotatable bonds is 6. The van der Waals surface area contributed by atoms with E-state index in [0.717, 1.165) is 0 Å². The van der Waals surface area contributed by atoms with Gasteiger partial charge in [0.15, 0.2) is 0 Å². The average molecular weight is 341 g/mol. The van der Waals surface area contributed by atoms with Gasteiger partial charge in [-0.3, -0.25) is 4.79 Å². The molecule has 1 N–H and O–H groups in total. The minimum absolute atomic E-state index is 0.130. The Balaban J connectivity index is 1.91. The van der Waals surface area contributed by atoms with Gasteiger partial charge in [-0.15, -0.1) is 0 Å². The fraction of sp³-hybridized carbons (Fsp3) is 0.176. The van der Waals surface area contributed by atoms with Gasteiger partial charge in [0.25, 0.3) is 0 Å². The molecule has 6 nitrogen and oxygen atoms in total. The Morgan fingerprint density at radius 2 is 2.04 bits per heavy atom. The van der Waals surface area contributed by atoms with Gasteiger partial charge >= 0.3 is 5.97 Å². The highest BCUT2D eigenvalue weighted by atomic mass is 32.2. The summed E-state index contributed by atoms with van der Waals surface area (Å²) in [5.41, 5.74) is 1.45. The molecule has 1 heterocycles. The van der Waals surface area contributed by atoms with Crippen LogP contribution < -0.4 is 5.32 Å². The first-order valence-electron chi connectivity index (χ1n) is 7.19. The number of amides is 1. The lowest BCUT2D eigenvalue weighted by atomic mass is 10.2. The highest BCUT2D eigenvalue weighted by Gasteiger charge is 2.09. The molecule has 0 aliphatic heterocycles. The van der Waals surface area contributed by atoms with Gasteiger partial charge in [-0.1, -0.05) is 11.8 Å². The maximum absolute atomic E-state index is 12.0. The summed E-state index contributed by atoms with van der Waals surface area (Å²) in [7, 11) is 0. The van der Waals surface area contributed by atoms with Crippen molar-refractivity contribution in [3.05, 3.63) is 53.7 Å². The largest absolute Gasteiger partial charge is 0.462 e. The van der Waals surface area contributed by atoms with Crippen molar-refractivity contribution in [3.8, 4) is 6.07 Å². The smallest absolute Gasteiger partial charge is 0.338 e. The van der Waals surface area contributed by atoms with Gasteiger partial charge in [-0.2, -0.15) is 5.26 Å².